The van der Waals surface area contributed by atoms with Crippen LogP contribution in [0.25, 0.3) is 11.0 Å². The minimum atomic E-state index is -1.27. The average Bonchev–Trinajstić information content (AvgIpc) is 2.97. The lowest BCUT2D eigenvalue weighted by molar-refractivity contribution is -0.136. The SMILES string of the molecule is Cc1c(C2(C)C(=O)Oc3ccc(F)cc32)oc2ccc(F)cc12. The van der Waals surface area contributed by atoms with E-state index in [4.69, 9.17) is 9.15 Å². The summed E-state index contributed by atoms with van der Waals surface area (Å²) in [4.78, 5) is 12.5. The van der Waals surface area contributed by atoms with E-state index >= 15 is 0 Å². The predicted octanol–water partition coefficient (Wildman–Crippen LogP) is 4.24. The molecule has 0 fully saturated rings. The Balaban J connectivity index is 2.02. The van der Waals surface area contributed by atoms with Crippen LogP contribution in [0.4, 0.5) is 8.78 Å². The van der Waals surface area contributed by atoms with Crippen LogP contribution in [0.1, 0.15) is 23.8 Å². The monoisotopic (exact) mass is 314 g/mol. The summed E-state index contributed by atoms with van der Waals surface area (Å²) in [6.45, 7) is 3.37. The number of esters is 1. The molecule has 23 heavy (non-hydrogen) atoms. The molecule has 0 N–H and O–H groups in total. The second-order valence-electron chi connectivity index (χ2n) is 5.85. The van der Waals surface area contributed by atoms with Gasteiger partial charge >= 0.3 is 5.97 Å². The number of hydrogen-bond donors (Lipinski definition) is 0. The van der Waals surface area contributed by atoms with Crippen molar-refractivity contribution in [3.63, 3.8) is 0 Å². The number of ether oxygens (including phenoxy) is 1. The van der Waals surface area contributed by atoms with Crippen LogP contribution in [0.3, 0.4) is 0 Å². The zero-order chi connectivity index (χ0) is 16.4. The highest BCUT2D eigenvalue weighted by Crippen LogP contribution is 2.47. The van der Waals surface area contributed by atoms with E-state index in [0.717, 1.165) is 0 Å². The summed E-state index contributed by atoms with van der Waals surface area (Å²) in [7, 11) is 0. The quantitative estimate of drug-likeness (QED) is 0.498. The Morgan fingerprint density at radius 3 is 2.52 bits per heavy atom. The first-order chi connectivity index (χ1) is 10.9. The Morgan fingerprint density at radius 1 is 1.04 bits per heavy atom. The van der Waals surface area contributed by atoms with Gasteiger partial charge in [-0.25, -0.2) is 8.78 Å². The molecule has 0 spiro atoms. The van der Waals surface area contributed by atoms with Gasteiger partial charge in [-0.15, -0.1) is 0 Å². The molecule has 4 rings (SSSR count). The van der Waals surface area contributed by atoms with Gasteiger partial charge in [0.2, 0.25) is 0 Å². The lowest BCUT2D eigenvalue weighted by atomic mass is 9.79. The van der Waals surface area contributed by atoms with E-state index in [2.05, 4.69) is 0 Å². The first-order valence-corrected chi connectivity index (χ1v) is 7.12. The van der Waals surface area contributed by atoms with Gasteiger partial charge < -0.3 is 9.15 Å². The second kappa shape index (κ2) is 4.41. The van der Waals surface area contributed by atoms with Crippen LogP contribution in [-0.2, 0) is 10.2 Å². The number of aryl methyl sites for hydroxylation is 1. The Hall–Kier alpha value is -2.69. The molecule has 0 bridgehead atoms. The molecule has 0 saturated carbocycles. The predicted molar refractivity (Wildman–Crippen MR) is 79.4 cm³/mol. The first-order valence-electron chi connectivity index (χ1n) is 7.12. The van der Waals surface area contributed by atoms with Crippen LogP contribution >= 0.6 is 0 Å². The van der Waals surface area contributed by atoms with Gasteiger partial charge in [0.1, 0.15) is 28.7 Å². The average molecular weight is 314 g/mol. The highest BCUT2D eigenvalue weighted by atomic mass is 19.1. The lowest BCUT2D eigenvalue weighted by Gasteiger charge is -2.18. The van der Waals surface area contributed by atoms with Crippen LogP contribution in [0, 0.1) is 18.6 Å². The molecule has 0 saturated heterocycles. The summed E-state index contributed by atoms with van der Waals surface area (Å²) >= 11 is 0. The fraction of sp³-hybridized carbons (Fsp3) is 0.167. The highest BCUT2D eigenvalue weighted by Gasteiger charge is 2.50. The number of carbonyl (C=O) groups excluding carboxylic acids is 1. The van der Waals surface area contributed by atoms with Crippen LogP contribution in [0.5, 0.6) is 5.75 Å². The molecule has 3 nitrogen and oxygen atoms in total. The summed E-state index contributed by atoms with van der Waals surface area (Å²) in [5, 5.41) is 0.582. The van der Waals surface area contributed by atoms with E-state index < -0.39 is 23.0 Å². The van der Waals surface area contributed by atoms with E-state index in [1.54, 1.807) is 13.8 Å². The summed E-state index contributed by atoms with van der Waals surface area (Å²) in [5.41, 5.74) is 0.246. The summed E-state index contributed by atoms with van der Waals surface area (Å²) in [5.74, 6) is -0.746. The fourth-order valence-electron chi connectivity index (χ4n) is 3.18. The fourth-order valence-corrected chi connectivity index (χ4v) is 3.18. The van der Waals surface area contributed by atoms with E-state index in [0.29, 0.717) is 33.6 Å². The maximum Gasteiger partial charge on any atom is 0.329 e. The topological polar surface area (TPSA) is 39.4 Å². The zero-order valence-electron chi connectivity index (χ0n) is 12.4. The Labute approximate surface area is 130 Å². The van der Waals surface area contributed by atoms with Gasteiger partial charge in [-0.05, 0) is 55.8 Å². The van der Waals surface area contributed by atoms with Crippen molar-refractivity contribution >= 4 is 16.9 Å². The van der Waals surface area contributed by atoms with Crippen molar-refractivity contribution in [3.8, 4) is 5.75 Å². The molecular formula is C18H12F2O3. The van der Waals surface area contributed by atoms with E-state index in [9.17, 15) is 13.6 Å². The second-order valence-corrected chi connectivity index (χ2v) is 5.85. The summed E-state index contributed by atoms with van der Waals surface area (Å²) in [6, 6.07) is 8.08. The van der Waals surface area contributed by atoms with E-state index in [1.165, 1.54) is 36.4 Å². The maximum absolute atomic E-state index is 13.7. The van der Waals surface area contributed by atoms with Crippen LogP contribution in [-0.4, -0.2) is 5.97 Å². The van der Waals surface area contributed by atoms with Gasteiger partial charge in [0, 0.05) is 10.9 Å². The largest absolute Gasteiger partial charge is 0.459 e. The molecule has 2 heterocycles. The Morgan fingerprint density at radius 2 is 1.74 bits per heavy atom. The molecule has 3 aromatic rings. The molecule has 2 aromatic carbocycles. The molecule has 1 aliphatic rings. The standard InChI is InChI=1S/C18H12F2O3/c1-9-12-7-10(19)3-5-14(12)22-16(9)18(2)13-8-11(20)4-6-15(13)23-17(18)21/h3-8H,1-2H3. The third kappa shape index (κ3) is 1.76. The molecule has 116 valence electrons. The van der Waals surface area contributed by atoms with Gasteiger partial charge in [0.15, 0.2) is 5.41 Å². The number of hydrogen-bond acceptors (Lipinski definition) is 3. The number of carbonyl (C=O) groups is 1. The number of benzene rings is 2. The normalized spacial score (nSPS) is 19.9. The minimum absolute atomic E-state index is 0.310. The van der Waals surface area contributed by atoms with Crippen molar-refractivity contribution in [1.82, 2.24) is 0 Å². The number of halogens is 2. The summed E-state index contributed by atoms with van der Waals surface area (Å²) < 4.78 is 38.2. The van der Waals surface area contributed by atoms with Gasteiger partial charge in [0.25, 0.3) is 0 Å². The molecule has 0 amide bonds. The van der Waals surface area contributed by atoms with Crippen LogP contribution in [0.15, 0.2) is 40.8 Å². The van der Waals surface area contributed by atoms with Gasteiger partial charge in [-0.2, -0.15) is 0 Å². The van der Waals surface area contributed by atoms with Gasteiger partial charge in [-0.3, -0.25) is 4.79 Å². The van der Waals surface area contributed by atoms with Crippen molar-refractivity contribution in [2.75, 3.05) is 0 Å². The Kier molecular flexibility index (Phi) is 2.67. The molecule has 0 radical (unpaired) electrons. The number of fused-ring (bicyclic) bond motifs is 2. The van der Waals surface area contributed by atoms with E-state index in [1.807, 2.05) is 0 Å². The van der Waals surface area contributed by atoms with Gasteiger partial charge in [0.05, 0.1) is 0 Å². The Bertz CT molecular complexity index is 974. The maximum atomic E-state index is 13.7. The van der Waals surface area contributed by atoms with Crippen LogP contribution in [0.2, 0.25) is 0 Å². The zero-order valence-corrected chi connectivity index (χ0v) is 12.4. The molecular weight excluding hydrogens is 302 g/mol. The molecule has 5 heteroatoms. The molecule has 0 aliphatic carbocycles. The third-order valence-electron chi connectivity index (χ3n) is 4.44. The molecule has 1 aliphatic heterocycles. The van der Waals surface area contributed by atoms with Crippen molar-refractivity contribution in [2.24, 2.45) is 0 Å². The van der Waals surface area contributed by atoms with Crippen molar-refractivity contribution < 1.29 is 22.7 Å². The first kappa shape index (κ1) is 13.9. The number of furan rings is 1. The molecule has 1 unspecified atom stereocenters. The van der Waals surface area contributed by atoms with Gasteiger partial charge in [-0.1, -0.05) is 0 Å². The smallest absolute Gasteiger partial charge is 0.329 e. The lowest BCUT2D eigenvalue weighted by Crippen LogP contribution is -2.31. The molecule has 1 atom stereocenters. The number of rotatable bonds is 1. The van der Waals surface area contributed by atoms with Crippen LogP contribution < -0.4 is 4.74 Å². The van der Waals surface area contributed by atoms with Crippen molar-refractivity contribution in [2.45, 2.75) is 19.3 Å². The minimum Gasteiger partial charge on any atom is -0.459 e. The molecule has 1 aromatic heterocycles. The highest BCUT2D eigenvalue weighted by molar-refractivity contribution is 5.95. The van der Waals surface area contributed by atoms with E-state index in [-0.39, 0.29) is 0 Å². The van der Waals surface area contributed by atoms with Crippen molar-refractivity contribution in [1.29, 1.82) is 0 Å². The third-order valence-corrected chi connectivity index (χ3v) is 4.44. The summed E-state index contributed by atoms with van der Waals surface area (Å²) in [6.07, 6.45) is 0. The van der Waals surface area contributed by atoms with Crippen molar-refractivity contribution in [3.05, 3.63) is 64.9 Å².